The van der Waals surface area contributed by atoms with E-state index in [0.717, 1.165) is 11.3 Å². The van der Waals surface area contributed by atoms with Crippen molar-refractivity contribution in [2.45, 2.75) is 23.9 Å². The van der Waals surface area contributed by atoms with Crippen LogP contribution in [0, 0.1) is 17.0 Å². The average Bonchev–Trinajstić information content (AvgIpc) is 3.20. The molecule has 0 bridgehead atoms. The number of aryl methyl sites for hydroxylation is 1. The van der Waals surface area contributed by atoms with Gasteiger partial charge in [0, 0.05) is 50.7 Å². The fourth-order valence-electron chi connectivity index (χ4n) is 3.13. The molecule has 2 rings (SSSR count). The van der Waals surface area contributed by atoms with Crippen molar-refractivity contribution in [1.29, 1.82) is 0 Å². The fourth-order valence-corrected chi connectivity index (χ4v) is 4.98. The number of aliphatic carboxylic acids is 2. The lowest BCUT2D eigenvalue weighted by Crippen LogP contribution is -2.32. The van der Waals surface area contributed by atoms with Crippen LogP contribution in [0.4, 0.5) is 10.5 Å². The highest BCUT2D eigenvalue weighted by atomic mass is 32.2. The Hall–Kier alpha value is -3.66. The molecule has 2 atom stereocenters. The molecule has 0 aliphatic rings. The number of nitro benzene ring substituents is 1. The van der Waals surface area contributed by atoms with Crippen molar-refractivity contribution < 1.29 is 80.0 Å². The standard InChI is InChI=1S/C12H15NO7.C12H18O5S.C8H17NO4S.C3H7NO2S/c1-17-6-7-18-8-9-19-12(14)20-11-4-2-10(3-5-11)13(15)16;1-11-3-5-12(6-4-11)18(13,14)17-10-9-16-8-7-15-2;1-12-2-3-13-4-5-14-6-7(9)8(10)11;4-2(1-7)3(5)6/h2-5H,6-9H2,1H3;3-6H,7-10H2,1-2H3;7H,2-6,9H2,1H3,(H,10,11);2,7H,1,4H2,(H,5,6). The minimum atomic E-state index is -3.68. The maximum absolute atomic E-state index is 11.7. The van der Waals surface area contributed by atoms with Crippen molar-refractivity contribution in [2.24, 2.45) is 11.5 Å². The van der Waals surface area contributed by atoms with Crippen LogP contribution in [-0.2, 0) is 57.0 Å². The molecule has 0 aliphatic heterocycles. The molecule has 6 N–H and O–H groups in total. The van der Waals surface area contributed by atoms with Gasteiger partial charge >= 0.3 is 18.1 Å². The van der Waals surface area contributed by atoms with Crippen molar-refractivity contribution in [3.63, 3.8) is 0 Å². The van der Waals surface area contributed by atoms with Crippen LogP contribution in [0.2, 0.25) is 0 Å². The van der Waals surface area contributed by atoms with Gasteiger partial charge in [-0.05, 0) is 31.2 Å². The van der Waals surface area contributed by atoms with E-state index in [9.17, 15) is 32.9 Å². The summed E-state index contributed by atoms with van der Waals surface area (Å²) < 4.78 is 67.6. The molecule has 0 aliphatic carbocycles. The van der Waals surface area contributed by atoms with Crippen molar-refractivity contribution >= 4 is 58.3 Å². The fraction of sp³-hybridized carbons (Fsp3) is 0.571. The summed E-state index contributed by atoms with van der Waals surface area (Å²) in [4.78, 5) is 41.4. The Morgan fingerprint density at radius 3 is 1.66 bits per heavy atom. The third-order valence-electron chi connectivity index (χ3n) is 6.27. The number of nitrogens with zero attached hydrogens (tertiary/aromatic N) is 1. The highest BCUT2D eigenvalue weighted by Crippen LogP contribution is 2.17. The number of carbonyl (C=O) groups excluding carboxylic acids is 1. The summed E-state index contributed by atoms with van der Waals surface area (Å²) in [6.07, 6.45) is -0.894. The monoisotopic (exact) mass is 903 g/mol. The molecule has 0 saturated heterocycles. The number of thiol groups is 1. The number of hydrogen-bond acceptors (Lipinski definition) is 20. The molecule has 338 valence electrons. The van der Waals surface area contributed by atoms with Crippen molar-refractivity contribution in [3.8, 4) is 5.75 Å². The van der Waals surface area contributed by atoms with Crippen LogP contribution in [0.3, 0.4) is 0 Å². The number of thioether (sulfide) groups is 1. The van der Waals surface area contributed by atoms with Gasteiger partial charge < -0.3 is 59.6 Å². The van der Waals surface area contributed by atoms with E-state index in [4.69, 9.17) is 63.8 Å². The van der Waals surface area contributed by atoms with Gasteiger partial charge in [-0.15, -0.1) is 0 Å². The van der Waals surface area contributed by atoms with E-state index in [1.165, 1.54) is 48.2 Å². The van der Waals surface area contributed by atoms with E-state index in [0.29, 0.717) is 52.0 Å². The number of hydrogen-bond donors (Lipinski definition) is 5. The Morgan fingerprint density at radius 1 is 0.746 bits per heavy atom. The zero-order valence-corrected chi connectivity index (χ0v) is 36.0. The van der Waals surface area contributed by atoms with Gasteiger partial charge in [0.05, 0.1) is 75.9 Å². The molecule has 2 aromatic carbocycles. The molecule has 24 heteroatoms. The number of methoxy groups -OCH3 is 3. The smallest absolute Gasteiger partial charge is 0.480 e. The van der Waals surface area contributed by atoms with Gasteiger partial charge in [0.2, 0.25) is 0 Å². The second-order valence-electron chi connectivity index (χ2n) is 11.0. The maximum atomic E-state index is 11.7. The Morgan fingerprint density at radius 2 is 1.22 bits per heavy atom. The van der Waals surface area contributed by atoms with Gasteiger partial charge in [0.1, 0.15) is 24.4 Å². The van der Waals surface area contributed by atoms with Crippen LogP contribution in [0.25, 0.3) is 0 Å². The number of carboxylic acids is 2. The summed E-state index contributed by atoms with van der Waals surface area (Å²) in [7, 11) is 1.06. The van der Waals surface area contributed by atoms with Gasteiger partial charge in [-0.25, -0.2) is 4.79 Å². The summed E-state index contributed by atoms with van der Waals surface area (Å²) in [5.74, 6) is -0.433. The zero-order chi connectivity index (χ0) is 44.9. The second-order valence-corrected chi connectivity index (χ2v) is 14.1. The first kappa shape index (κ1) is 57.4. The van der Waals surface area contributed by atoms with E-state index in [-0.39, 0.29) is 48.5 Å². The van der Waals surface area contributed by atoms with Crippen LogP contribution in [0.5, 0.6) is 5.75 Å². The Balaban J connectivity index is 0. The Bertz CT molecular complexity index is 1510. The lowest BCUT2D eigenvalue weighted by Gasteiger charge is -2.06. The van der Waals surface area contributed by atoms with Crippen LogP contribution >= 0.6 is 24.4 Å². The van der Waals surface area contributed by atoms with Crippen LogP contribution in [0.1, 0.15) is 5.56 Å². The summed E-state index contributed by atoms with van der Waals surface area (Å²) in [6, 6.07) is 10.0. The molecular formula is C35H57N3O18S3. The third kappa shape index (κ3) is 33.8. The first-order valence-electron chi connectivity index (χ1n) is 17.5. The topological polar surface area (TPSA) is 304 Å². The number of carboxylic acid groups (broad SMARTS) is 2. The molecule has 0 saturated carbocycles. The Kier molecular flexibility index (Phi) is 36.4. The molecule has 0 fully saturated rings. The average molecular weight is 904 g/mol. The first-order chi connectivity index (χ1) is 28.1. The van der Waals surface area contributed by atoms with Crippen LogP contribution in [0.15, 0.2) is 53.4 Å². The molecule has 0 amide bonds. The summed E-state index contributed by atoms with van der Waals surface area (Å²) >= 11 is 5.13. The molecule has 0 heterocycles. The number of benzene rings is 2. The minimum absolute atomic E-state index is 0.0000753. The highest BCUT2D eigenvalue weighted by molar-refractivity contribution is 7.99. The van der Waals surface area contributed by atoms with Gasteiger partial charge in [0.15, 0.2) is 0 Å². The predicted octanol–water partition coefficient (Wildman–Crippen LogP) is 2.26. The van der Waals surface area contributed by atoms with E-state index in [1.807, 2.05) is 6.92 Å². The van der Waals surface area contributed by atoms with E-state index < -0.39 is 45.2 Å². The number of ether oxygens (including phenoxy) is 8. The lowest BCUT2D eigenvalue weighted by molar-refractivity contribution is -0.384. The van der Waals surface area contributed by atoms with Crippen molar-refractivity contribution in [3.05, 3.63) is 64.2 Å². The summed E-state index contributed by atoms with van der Waals surface area (Å²) in [5, 5.41) is 26.9. The summed E-state index contributed by atoms with van der Waals surface area (Å²) in [5.41, 5.74) is 11.1. The zero-order valence-electron chi connectivity index (χ0n) is 33.5. The largest absolute Gasteiger partial charge is 0.513 e. The third-order valence-corrected chi connectivity index (χ3v) is 9.04. The number of carbonyl (C=O) groups is 3. The lowest BCUT2D eigenvalue weighted by atomic mass is 10.2. The number of nitro groups is 1. The van der Waals surface area contributed by atoms with Crippen LogP contribution < -0.4 is 16.2 Å². The van der Waals surface area contributed by atoms with E-state index in [1.54, 1.807) is 33.5 Å². The molecule has 21 nitrogen and oxygen atoms in total. The quantitative estimate of drug-likeness (QED) is 0.0163. The van der Waals surface area contributed by atoms with Gasteiger partial charge in [0.25, 0.3) is 15.8 Å². The van der Waals surface area contributed by atoms with Gasteiger partial charge in [-0.1, -0.05) is 17.7 Å². The van der Waals surface area contributed by atoms with Crippen molar-refractivity contribution in [1.82, 2.24) is 0 Å². The maximum Gasteiger partial charge on any atom is 0.513 e. The highest BCUT2D eigenvalue weighted by Gasteiger charge is 2.14. The number of nitrogens with two attached hydrogens (primary N) is 2. The van der Waals surface area contributed by atoms with Crippen molar-refractivity contribution in [2.75, 3.05) is 111 Å². The SMILES string of the molecule is COCCOCCOC(=O)Oc1ccc([N+](=O)[O-])cc1.COCCOCCOS(=O)(=O)c1ccc(C)cc1.COCCOCCSCC(N)C(=O)O.NC(CS)C(=O)O. The summed E-state index contributed by atoms with van der Waals surface area (Å²) in [6.45, 7) is 5.92. The molecule has 2 aromatic rings. The minimum Gasteiger partial charge on any atom is -0.480 e. The predicted molar refractivity (Wildman–Crippen MR) is 220 cm³/mol. The Labute approximate surface area is 353 Å². The number of non-ortho nitro benzene ring substituents is 1. The molecule has 0 radical (unpaired) electrons. The van der Waals surface area contributed by atoms with E-state index >= 15 is 0 Å². The van der Waals surface area contributed by atoms with E-state index in [2.05, 4.69) is 12.6 Å². The second kappa shape index (κ2) is 37.3. The molecule has 0 spiro atoms. The first-order valence-corrected chi connectivity index (χ1v) is 20.7. The molecule has 0 aromatic heterocycles. The molecule has 59 heavy (non-hydrogen) atoms. The normalized spacial score (nSPS) is 11.6. The molecular weight excluding hydrogens is 847 g/mol. The van der Waals surface area contributed by atoms with Crippen LogP contribution in [-0.4, -0.2) is 165 Å². The number of rotatable bonds is 27. The van der Waals surface area contributed by atoms with Gasteiger partial charge in [-0.3, -0.25) is 23.9 Å². The van der Waals surface area contributed by atoms with Gasteiger partial charge in [-0.2, -0.15) is 32.8 Å². The molecule has 2 unspecified atom stereocenters.